The van der Waals surface area contributed by atoms with Crippen LogP contribution in [0.15, 0.2) is 24.3 Å². The molecule has 2 heteroatoms. The Morgan fingerprint density at radius 1 is 1.40 bits per heavy atom. The van der Waals surface area contributed by atoms with Crippen LogP contribution in [0.25, 0.3) is 0 Å². The first-order valence-corrected chi connectivity index (χ1v) is 5.82. The maximum Gasteiger partial charge on any atom is 0.0363 e. The lowest BCUT2D eigenvalue weighted by Crippen LogP contribution is -2.38. The fraction of sp³-hybridized carbons (Fsp3) is 0.538. The van der Waals surface area contributed by atoms with Crippen LogP contribution in [0.1, 0.15) is 30.0 Å². The van der Waals surface area contributed by atoms with Crippen molar-refractivity contribution in [3.05, 3.63) is 35.4 Å². The van der Waals surface area contributed by atoms with Gasteiger partial charge >= 0.3 is 0 Å². The molecule has 1 fully saturated rings. The summed E-state index contributed by atoms with van der Waals surface area (Å²) in [5, 5.41) is 3.60. The maximum absolute atomic E-state index is 5.84. The third-order valence-corrected chi connectivity index (χ3v) is 3.41. The van der Waals surface area contributed by atoms with Gasteiger partial charge in [0, 0.05) is 6.04 Å². The summed E-state index contributed by atoms with van der Waals surface area (Å²) in [7, 11) is 0. The van der Waals surface area contributed by atoms with Crippen molar-refractivity contribution in [2.24, 2.45) is 11.7 Å². The van der Waals surface area contributed by atoms with Crippen molar-refractivity contribution in [3.8, 4) is 0 Å². The van der Waals surface area contributed by atoms with Crippen LogP contribution in [-0.4, -0.2) is 13.1 Å². The first-order valence-electron chi connectivity index (χ1n) is 5.82. The molecule has 15 heavy (non-hydrogen) atoms. The van der Waals surface area contributed by atoms with Gasteiger partial charge in [0.25, 0.3) is 0 Å². The fourth-order valence-corrected chi connectivity index (χ4v) is 2.51. The molecule has 0 aliphatic carbocycles. The first kappa shape index (κ1) is 10.7. The molecule has 1 aromatic rings. The zero-order valence-electron chi connectivity index (χ0n) is 9.37. The Morgan fingerprint density at radius 2 is 2.20 bits per heavy atom. The third kappa shape index (κ3) is 2.21. The maximum atomic E-state index is 5.84. The van der Waals surface area contributed by atoms with Crippen LogP contribution in [0.5, 0.6) is 0 Å². The number of nitrogens with one attached hydrogen (secondary N) is 1. The van der Waals surface area contributed by atoms with Crippen LogP contribution < -0.4 is 11.1 Å². The second-order valence-corrected chi connectivity index (χ2v) is 4.43. The highest BCUT2D eigenvalue weighted by Gasteiger charge is 2.25. The summed E-state index contributed by atoms with van der Waals surface area (Å²) in [6.07, 6.45) is 2.51. The molecule has 2 nitrogen and oxygen atoms in total. The van der Waals surface area contributed by atoms with Gasteiger partial charge in [-0.15, -0.1) is 0 Å². The quantitative estimate of drug-likeness (QED) is 0.773. The van der Waals surface area contributed by atoms with Gasteiger partial charge in [0.2, 0.25) is 0 Å². The van der Waals surface area contributed by atoms with Gasteiger partial charge in [-0.25, -0.2) is 0 Å². The smallest absolute Gasteiger partial charge is 0.0363 e. The predicted octanol–water partition coefficient (Wildman–Crippen LogP) is 1.99. The van der Waals surface area contributed by atoms with Gasteiger partial charge < -0.3 is 11.1 Å². The number of benzene rings is 1. The molecule has 82 valence electrons. The van der Waals surface area contributed by atoms with Crippen molar-refractivity contribution < 1.29 is 0 Å². The summed E-state index contributed by atoms with van der Waals surface area (Å²) in [5.41, 5.74) is 8.64. The van der Waals surface area contributed by atoms with Crippen molar-refractivity contribution in [2.75, 3.05) is 13.1 Å². The Hall–Kier alpha value is -0.860. The second kappa shape index (κ2) is 4.77. The van der Waals surface area contributed by atoms with Crippen molar-refractivity contribution >= 4 is 0 Å². The van der Waals surface area contributed by atoms with E-state index in [0.29, 0.717) is 12.0 Å². The molecule has 1 saturated heterocycles. The van der Waals surface area contributed by atoms with E-state index in [1.807, 2.05) is 0 Å². The highest BCUT2D eigenvalue weighted by molar-refractivity contribution is 5.29. The van der Waals surface area contributed by atoms with Crippen LogP contribution in [0.3, 0.4) is 0 Å². The minimum absolute atomic E-state index is 0.463. The Morgan fingerprint density at radius 3 is 2.93 bits per heavy atom. The van der Waals surface area contributed by atoms with Gasteiger partial charge in [-0.1, -0.05) is 24.3 Å². The molecule has 0 spiro atoms. The molecular formula is C13H20N2. The highest BCUT2D eigenvalue weighted by Crippen LogP contribution is 2.30. The molecule has 0 amide bonds. The summed E-state index contributed by atoms with van der Waals surface area (Å²) in [6, 6.07) is 9.08. The van der Waals surface area contributed by atoms with Crippen molar-refractivity contribution in [1.82, 2.24) is 5.32 Å². The van der Waals surface area contributed by atoms with E-state index in [-0.39, 0.29) is 0 Å². The average molecular weight is 204 g/mol. The predicted molar refractivity (Wildman–Crippen MR) is 63.7 cm³/mol. The molecule has 0 saturated carbocycles. The molecule has 1 heterocycles. The lowest BCUT2D eigenvalue weighted by molar-refractivity contribution is 0.290. The first-order chi connectivity index (χ1) is 7.33. The molecule has 2 rings (SSSR count). The zero-order valence-corrected chi connectivity index (χ0v) is 9.37. The molecule has 1 aromatic carbocycles. The van der Waals surface area contributed by atoms with Crippen LogP contribution in [-0.2, 0) is 0 Å². The third-order valence-electron chi connectivity index (χ3n) is 3.41. The normalized spacial score (nSPS) is 26.5. The number of piperidine rings is 1. The van der Waals surface area contributed by atoms with E-state index in [0.717, 1.165) is 13.1 Å². The number of nitrogens with two attached hydrogens (primary N) is 1. The largest absolute Gasteiger partial charge is 0.330 e. The van der Waals surface area contributed by atoms with E-state index in [1.165, 1.54) is 24.0 Å². The van der Waals surface area contributed by atoms with E-state index in [4.69, 9.17) is 5.73 Å². The summed E-state index contributed by atoms with van der Waals surface area (Å²) in [4.78, 5) is 0. The van der Waals surface area contributed by atoms with Crippen LogP contribution in [0, 0.1) is 12.8 Å². The summed E-state index contributed by atoms with van der Waals surface area (Å²) < 4.78 is 0. The molecule has 3 N–H and O–H groups in total. The lowest BCUT2D eigenvalue weighted by atomic mass is 9.85. The molecule has 1 aliphatic heterocycles. The number of hydrogen-bond acceptors (Lipinski definition) is 2. The standard InChI is InChI=1S/C13H20N2/c1-10-5-2-3-7-12(10)13-11(9-14)6-4-8-15-13/h2-3,5,7,11,13,15H,4,6,8-9,14H2,1H3/t11-,13+/m0/s1. The number of hydrogen-bond donors (Lipinski definition) is 2. The van der Waals surface area contributed by atoms with E-state index >= 15 is 0 Å². The number of rotatable bonds is 2. The SMILES string of the molecule is Cc1ccccc1[C@@H]1NCCC[C@H]1CN. The van der Waals surface area contributed by atoms with E-state index in [9.17, 15) is 0 Å². The van der Waals surface area contributed by atoms with E-state index in [1.54, 1.807) is 0 Å². The molecule has 0 unspecified atom stereocenters. The van der Waals surface area contributed by atoms with Crippen molar-refractivity contribution in [1.29, 1.82) is 0 Å². The molecular weight excluding hydrogens is 184 g/mol. The minimum atomic E-state index is 0.463. The Bertz CT molecular complexity index is 322. The van der Waals surface area contributed by atoms with E-state index < -0.39 is 0 Å². The highest BCUT2D eigenvalue weighted by atomic mass is 14.9. The zero-order chi connectivity index (χ0) is 10.7. The second-order valence-electron chi connectivity index (χ2n) is 4.43. The Kier molecular flexibility index (Phi) is 3.39. The molecule has 0 radical (unpaired) electrons. The Balaban J connectivity index is 2.24. The fourth-order valence-electron chi connectivity index (χ4n) is 2.51. The van der Waals surface area contributed by atoms with Gasteiger partial charge in [0.15, 0.2) is 0 Å². The number of aryl methyl sites for hydroxylation is 1. The Labute approximate surface area is 91.9 Å². The molecule has 2 atom stereocenters. The molecule has 0 aromatic heterocycles. The molecule has 1 aliphatic rings. The minimum Gasteiger partial charge on any atom is -0.330 e. The molecule has 0 bridgehead atoms. The summed E-state index contributed by atoms with van der Waals surface area (Å²) in [5.74, 6) is 0.597. The van der Waals surface area contributed by atoms with Gasteiger partial charge in [-0.05, 0) is 49.9 Å². The van der Waals surface area contributed by atoms with Gasteiger partial charge in [0.05, 0.1) is 0 Å². The monoisotopic (exact) mass is 204 g/mol. The van der Waals surface area contributed by atoms with Gasteiger partial charge in [-0.3, -0.25) is 0 Å². The summed E-state index contributed by atoms with van der Waals surface area (Å²) >= 11 is 0. The lowest BCUT2D eigenvalue weighted by Gasteiger charge is -2.33. The van der Waals surface area contributed by atoms with Crippen molar-refractivity contribution in [3.63, 3.8) is 0 Å². The van der Waals surface area contributed by atoms with Gasteiger partial charge in [0.1, 0.15) is 0 Å². The van der Waals surface area contributed by atoms with Crippen LogP contribution >= 0.6 is 0 Å². The van der Waals surface area contributed by atoms with E-state index in [2.05, 4.69) is 36.5 Å². The van der Waals surface area contributed by atoms with Crippen molar-refractivity contribution in [2.45, 2.75) is 25.8 Å². The van der Waals surface area contributed by atoms with Crippen LogP contribution in [0.4, 0.5) is 0 Å². The van der Waals surface area contributed by atoms with Gasteiger partial charge in [-0.2, -0.15) is 0 Å². The van der Waals surface area contributed by atoms with Crippen LogP contribution in [0.2, 0.25) is 0 Å². The topological polar surface area (TPSA) is 38.0 Å². The summed E-state index contributed by atoms with van der Waals surface area (Å²) in [6.45, 7) is 4.08. The average Bonchev–Trinajstić information content (AvgIpc) is 2.30.